The molecule has 13 heavy (non-hydrogen) atoms. The van der Waals surface area contributed by atoms with Gasteiger partial charge in [-0.15, -0.1) is 11.8 Å². The maximum Gasteiger partial charge on any atom is 0.223 e. The van der Waals surface area contributed by atoms with Gasteiger partial charge in [-0.25, -0.2) is 9.97 Å². The molecule has 0 bridgehead atoms. The van der Waals surface area contributed by atoms with Gasteiger partial charge >= 0.3 is 0 Å². The van der Waals surface area contributed by atoms with Crippen molar-refractivity contribution in [1.82, 2.24) is 9.97 Å². The molecule has 0 aromatic carbocycles. The highest BCUT2D eigenvalue weighted by molar-refractivity contribution is 7.98. The van der Waals surface area contributed by atoms with Crippen LogP contribution in [-0.2, 0) is 0 Å². The molecule has 0 aliphatic heterocycles. The fraction of sp³-hybridized carbons (Fsp3) is 0.556. The lowest BCUT2D eigenvalue weighted by Gasteiger charge is -2.10. The second kappa shape index (κ2) is 5.07. The van der Waals surface area contributed by atoms with E-state index in [1.165, 1.54) is 0 Å². The summed E-state index contributed by atoms with van der Waals surface area (Å²) in [5.74, 6) is 0.723. The summed E-state index contributed by atoms with van der Waals surface area (Å²) in [5, 5.41) is 4.23. The van der Waals surface area contributed by atoms with Gasteiger partial charge in [0.2, 0.25) is 5.95 Å². The zero-order chi connectivity index (χ0) is 9.68. The zero-order valence-electron chi connectivity index (χ0n) is 8.24. The SMILES string of the molecule is CCC(C)Nc1nccc(SC)n1. The summed E-state index contributed by atoms with van der Waals surface area (Å²) >= 11 is 1.63. The number of rotatable bonds is 4. The van der Waals surface area contributed by atoms with E-state index >= 15 is 0 Å². The van der Waals surface area contributed by atoms with Gasteiger partial charge in [0.1, 0.15) is 5.03 Å². The first-order valence-electron chi connectivity index (χ1n) is 4.39. The fourth-order valence-electron chi connectivity index (χ4n) is 0.848. The number of hydrogen-bond acceptors (Lipinski definition) is 4. The standard InChI is InChI=1S/C9H15N3S/c1-4-7(2)11-9-10-6-5-8(12-9)13-3/h5-7H,4H2,1-3H3,(H,10,11,12). The molecule has 0 saturated heterocycles. The van der Waals surface area contributed by atoms with Gasteiger partial charge in [0, 0.05) is 12.2 Å². The molecule has 3 nitrogen and oxygen atoms in total. The van der Waals surface area contributed by atoms with Crippen LogP contribution in [0, 0.1) is 0 Å². The van der Waals surface area contributed by atoms with Gasteiger partial charge in [-0.05, 0) is 25.7 Å². The van der Waals surface area contributed by atoms with Crippen molar-refractivity contribution in [3.05, 3.63) is 12.3 Å². The lowest BCUT2D eigenvalue weighted by molar-refractivity contribution is 0.749. The number of hydrogen-bond donors (Lipinski definition) is 1. The second-order valence-corrected chi connectivity index (χ2v) is 3.70. The van der Waals surface area contributed by atoms with Gasteiger partial charge in [0.05, 0.1) is 0 Å². The van der Waals surface area contributed by atoms with Crippen molar-refractivity contribution in [3.8, 4) is 0 Å². The number of anilines is 1. The van der Waals surface area contributed by atoms with E-state index in [1.807, 2.05) is 12.3 Å². The van der Waals surface area contributed by atoms with Crippen molar-refractivity contribution in [2.45, 2.75) is 31.3 Å². The molecule has 0 aliphatic rings. The lowest BCUT2D eigenvalue weighted by atomic mass is 10.3. The van der Waals surface area contributed by atoms with Gasteiger partial charge in [0.15, 0.2) is 0 Å². The molecular formula is C9H15N3S. The first kappa shape index (κ1) is 10.3. The van der Waals surface area contributed by atoms with E-state index in [1.54, 1.807) is 18.0 Å². The maximum atomic E-state index is 4.32. The van der Waals surface area contributed by atoms with Crippen LogP contribution in [0.4, 0.5) is 5.95 Å². The van der Waals surface area contributed by atoms with E-state index in [9.17, 15) is 0 Å². The van der Waals surface area contributed by atoms with Crippen LogP contribution in [0.2, 0.25) is 0 Å². The summed E-state index contributed by atoms with van der Waals surface area (Å²) in [4.78, 5) is 8.46. The molecule has 1 heterocycles. The predicted molar refractivity (Wildman–Crippen MR) is 57.2 cm³/mol. The average molecular weight is 197 g/mol. The summed E-state index contributed by atoms with van der Waals surface area (Å²) in [6.45, 7) is 4.26. The van der Waals surface area contributed by atoms with Crippen LogP contribution in [0.25, 0.3) is 0 Å². The number of thioether (sulfide) groups is 1. The maximum absolute atomic E-state index is 4.32. The molecular weight excluding hydrogens is 182 g/mol. The van der Waals surface area contributed by atoms with E-state index < -0.39 is 0 Å². The first-order chi connectivity index (χ1) is 6.26. The van der Waals surface area contributed by atoms with Crippen LogP contribution >= 0.6 is 11.8 Å². The quantitative estimate of drug-likeness (QED) is 0.594. The van der Waals surface area contributed by atoms with E-state index in [4.69, 9.17) is 0 Å². The van der Waals surface area contributed by atoms with Crippen LogP contribution in [0.1, 0.15) is 20.3 Å². The van der Waals surface area contributed by atoms with Crippen molar-refractivity contribution >= 4 is 17.7 Å². The molecule has 0 amide bonds. The highest BCUT2D eigenvalue weighted by Gasteiger charge is 2.01. The third kappa shape index (κ3) is 3.22. The van der Waals surface area contributed by atoms with Gasteiger partial charge in [0.25, 0.3) is 0 Å². The van der Waals surface area contributed by atoms with Gasteiger partial charge in [-0.2, -0.15) is 0 Å². The fourth-order valence-corrected chi connectivity index (χ4v) is 1.22. The van der Waals surface area contributed by atoms with Crippen LogP contribution in [-0.4, -0.2) is 22.3 Å². The lowest BCUT2D eigenvalue weighted by Crippen LogP contribution is -2.15. The first-order valence-corrected chi connectivity index (χ1v) is 5.62. The minimum atomic E-state index is 0.428. The van der Waals surface area contributed by atoms with Gasteiger partial charge in [-0.3, -0.25) is 0 Å². The monoisotopic (exact) mass is 197 g/mol. The Kier molecular flexibility index (Phi) is 4.02. The molecule has 0 fully saturated rings. The van der Waals surface area contributed by atoms with Gasteiger partial charge in [-0.1, -0.05) is 6.92 Å². The molecule has 72 valence electrons. The van der Waals surface area contributed by atoms with Crippen LogP contribution in [0.15, 0.2) is 17.3 Å². The molecule has 0 spiro atoms. The number of nitrogens with zero attached hydrogens (tertiary/aromatic N) is 2. The van der Waals surface area contributed by atoms with E-state index in [2.05, 4.69) is 29.1 Å². The summed E-state index contributed by atoms with van der Waals surface area (Å²) < 4.78 is 0. The topological polar surface area (TPSA) is 37.8 Å². The average Bonchev–Trinajstić information content (AvgIpc) is 2.18. The Balaban J connectivity index is 2.66. The van der Waals surface area contributed by atoms with Crippen molar-refractivity contribution in [2.75, 3.05) is 11.6 Å². The van der Waals surface area contributed by atoms with E-state index in [0.29, 0.717) is 6.04 Å². The minimum Gasteiger partial charge on any atom is -0.352 e. The van der Waals surface area contributed by atoms with Crippen LogP contribution < -0.4 is 5.32 Å². The molecule has 0 saturated carbocycles. The Morgan fingerprint density at radius 2 is 2.38 bits per heavy atom. The van der Waals surface area contributed by atoms with Gasteiger partial charge < -0.3 is 5.32 Å². The van der Waals surface area contributed by atoms with Crippen molar-refractivity contribution in [2.24, 2.45) is 0 Å². The second-order valence-electron chi connectivity index (χ2n) is 2.88. The summed E-state index contributed by atoms with van der Waals surface area (Å²) in [5.41, 5.74) is 0. The molecule has 0 aliphatic carbocycles. The minimum absolute atomic E-state index is 0.428. The molecule has 1 atom stereocenters. The molecule has 1 N–H and O–H groups in total. The molecule has 1 rings (SSSR count). The Labute approximate surface area is 83.4 Å². The summed E-state index contributed by atoms with van der Waals surface area (Å²) in [6.07, 6.45) is 4.87. The molecule has 1 unspecified atom stereocenters. The number of nitrogens with one attached hydrogen (secondary N) is 1. The van der Waals surface area contributed by atoms with Crippen molar-refractivity contribution in [1.29, 1.82) is 0 Å². The largest absolute Gasteiger partial charge is 0.352 e. The highest BCUT2D eigenvalue weighted by Crippen LogP contribution is 2.12. The van der Waals surface area contributed by atoms with Crippen molar-refractivity contribution in [3.63, 3.8) is 0 Å². The summed E-state index contributed by atoms with van der Waals surface area (Å²) in [7, 11) is 0. The van der Waals surface area contributed by atoms with E-state index in [-0.39, 0.29) is 0 Å². The smallest absolute Gasteiger partial charge is 0.223 e. The summed E-state index contributed by atoms with van der Waals surface area (Å²) in [6, 6.07) is 2.34. The third-order valence-corrected chi connectivity index (χ3v) is 2.47. The third-order valence-electron chi connectivity index (χ3n) is 1.83. The molecule has 0 radical (unpaired) electrons. The Hall–Kier alpha value is -0.770. The Morgan fingerprint density at radius 3 is 3.00 bits per heavy atom. The van der Waals surface area contributed by atoms with Crippen molar-refractivity contribution < 1.29 is 0 Å². The Bertz CT molecular complexity index is 265. The van der Waals surface area contributed by atoms with Crippen LogP contribution in [0.3, 0.4) is 0 Å². The molecule has 1 aromatic heterocycles. The zero-order valence-corrected chi connectivity index (χ0v) is 9.06. The van der Waals surface area contributed by atoms with E-state index in [0.717, 1.165) is 17.4 Å². The normalized spacial score (nSPS) is 12.5. The molecule has 4 heteroatoms. The number of aromatic nitrogens is 2. The Morgan fingerprint density at radius 1 is 1.62 bits per heavy atom. The molecule has 1 aromatic rings. The van der Waals surface area contributed by atoms with Crippen LogP contribution in [0.5, 0.6) is 0 Å². The predicted octanol–water partition coefficient (Wildman–Crippen LogP) is 2.41. The highest BCUT2D eigenvalue weighted by atomic mass is 32.2.